The van der Waals surface area contributed by atoms with Crippen LogP contribution in [0, 0.1) is 19.3 Å². The number of benzene rings is 2. The van der Waals surface area contributed by atoms with Crippen LogP contribution < -0.4 is 5.32 Å². The van der Waals surface area contributed by atoms with Crippen molar-refractivity contribution in [1.82, 2.24) is 0 Å². The Balaban J connectivity index is 2.26. The Morgan fingerprint density at radius 3 is 2.75 bits per heavy atom. The van der Waals surface area contributed by atoms with Crippen LogP contribution in [0.2, 0.25) is 0 Å². The lowest BCUT2D eigenvalue weighted by atomic mass is 10.1. The molecule has 3 heteroatoms. The SMILES string of the molecule is C#Cc1cccc(NC(=O)c2cc(SC)ccc2C)c1. The van der Waals surface area contributed by atoms with E-state index in [0.29, 0.717) is 11.3 Å². The zero-order chi connectivity index (χ0) is 14.5. The molecule has 0 atom stereocenters. The quantitative estimate of drug-likeness (QED) is 0.682. The number of nitrogens with one attached hydrogen (secondary N) is 1. The largest absolute Gasteiger partial charge is 0.322 e. The van der Waals surface area contributed by atoms with Crippen molar-refractivity contribution in [1.29, 1.82) is 0 Å². The average molecular weight is 281 g/mol. The summed E-state index contributed by atoms with van der Waals surface area (Å²) < 4.78 is 0. The van der Waals surface area contributed by atoms with E-state index in [0.717, 1.165) is 16.0 Å². The maximum Gasteiger partial charge on any atom is 0.255 e. The molecule has 0 heterocycles. The van der Waals surface area contributed by atoms with Gasteiger partial charge in [-0.15, -0.1) is 18.2 Å². The average Bonchev–Trinajstić information content (AvgIpc) is 2.47. The Bertz CT molecular complexity index is 686. The summed E-state index contributed by atoms with van der Waals surface area (Å²) in [6, 6.07) is 13.1. The van der Waals surface area contributed by atoms with Crippen molar-refractivity contribution in [2.45, 2.75) is 11.8 Å². The van der Waals surface area contributed by atoms with E-state index < -0.39 is 0 Å². The highest BCUT2D eigenvalue weighted by atomic mass is 32.2. The normalized spacial score (nSPS) is 9.85. The van der Waals surface area contributed by atoms with Crippen molar-refractivity contribution in [2.24, 2.45) is 0 Å². The monoisotopic (exact) mass is 281 g/mol. The minimum atomic E-state index is -0.118. The van der Waals surface area contributed by atoms with Gasteiger partial charge in [-0.1, -0.05) is 18.1 Å². The molecule has 20 heavy (non-hydrogen) atoms. The lowest BCUT2D eigenvalue weighted by molar-refractivity contribution is 0.102. The van der Waals surface area contributed by atoms with E-state index in [4.69, 9.17) is 6.42 Å². The summed E-state index contributed by atoms with van der Waals surface area (Å²) in [6.07, 6.45) is 7.35. The Morgan fingerprint density at radius 1 is 1.25 bits per heavy atom. The molecule has 0 saturated heterocycles. The second-order valence-corrected chi connectivity index (χ2v) is 5.24. The first-order valence-electron chi connectivity index (χ1n) is 6.16. The summed E-state index contributed by atoms with van der Waals surface area (Å²) in [4.78, 5) is 13.4. The first kappa shape index (κ1) is 14.2. The number of aryl methyl sites for hydroxylation is 1. The van der Waals surface area contributed by atoms with Crippen molar-refractivity contribution in [2.75, 3.05) is 11.6 Å². The highest BCUT2D eigenvalue weighted by Crippen LogP contribution is 2.20. The number of hydrogen-bond donors (Lipinski definition) is 1. The third-order valence-corrected chi connectivity index (χ3v) is 3.70. The van der Waals surface area contributed by atoms with Gasteiger partial charge in [-0.25, -0.2) is 0 Å². The minimum Gasteiger partial charge on any atom is -0.322 e. The van der Waals surface area contributed by atoms with E-state index >= 15 is 0 Å². The van der Waals surface area contributed by atoms with Gasteiger partial charge >= 0.3 is 0 Å². The van der Waals surface area contributed by atoms with Gasteiger partial charge in [0.2, 0.25) is 0 Å². The van der Waals surface area contributed by atoms with E-state index in [-0.39, 0.29) is 5.91 Å². The van der Waals surface area contributed by atoms with Crippen LogP contribution in [0.4, 0.5) is 5.69 Å². The first-order chi connectivity index (χ1) is 9.63. The third-order valence-electron chi connectivity index (χ3n) is 2.98. The number of amides is 1. The molecule has 1 amide bonds. The van der Waals surface area contributed by atoms with Gasteiger partial charge in [0, 0.05) is 21.7 Å². The molecule has 1 N–H and O–H groups in total. The lowest BCUT2D eigenvalue weighted by Crippen LogP contribution is -2.13. The molecule has 2 aromatic carbocycles. The molecule has 2 aromatic rings. The fourth-order valence-corrected chi connectivity index (χ4v) is 2.30. The van der Waals surface area contributed by atoms with Crippen LogP contribution in [-0.2, 0) is 0 Å². The molecular formula is C17H15NOS. The van der Waals surface area contributed by atoms with Crippen molar-refractivity contribution in [3.63, 3.8) is 0 Å². The molecule has 2 rings (SSSR count). The van der Waals surface area contributed by atoms with E-state index in [9.17, 15) is 4.79 Å². The zero-order valence-electron chi connectivity index (χ0n) is 11.4. The number of carbonyl (C=O) groups excluding carboxylic acids is 1. The number of hydrogen-bond acceptors (Lipinski definition) is 2. The molecule has 0 saturated carbocycles. The molecule has 0 aromatic heterocycles. The van der Waals surface area contributed by atoms with Crippen LogP contribution in [0.3, 0.4) is 0 Å². The van der Waals surface area contributed by atoms with Gasteiger partial charge in [0.15, 0.2) is 0 Å². The fourth-order valence-electron chi connectivity index (χ4n) is 1.86. The van der Waals surface area contributed by atoms with Crippen LogP contribution >= 0.6 is 11.8 Å². The topological polar surface area (TPSA) is 29.1 Å². The number of rotatable bonds is 3. The summed E-state index contributed by atoms with van der Waals surface area (Å²) in [5, 5.41) is 2.88. The molecule has 0 fully saturated rings. The van der Waals surface area contributed by atoms with Crippen LogP contribution in [0.1, 0.15) is 21.5 Å². The van der Waals surface area contributed by atoms with Crippen LogP contribution in [0.5, 0.6) is 0 Å². The molecule has 0 bridgehead atoms. The summed E-state index contributed by atoms with van der Waals surface area (Å²) in [5.41, 5.74) is 3.09. The zero-order valence-corrected chi connectivity index (χ0v) is 12.3. The Hall–Kier alpha value is -2.18. The Labute approximate surface area is 123 Å². The van der Waals surface area contributed by atoms with E-state index in [1.165, 1.54) is 0 Å². The third kappa shape index (κ3) is 3.23. The van der Waals surface area contributed by atoms with Crippen molar-refractivity contribution < 1.29 is 4.79 Å². The van der Waals surface area contributed by atoms with Crippen molar-refractivity contribution in [3.05, 3.63) is 59.2 Å². The summed E-state index contributed by atoms with van der Waals surface area (Å²) >= 11 is 1.61. The predicted molar refractivity (Wildman–Crippen MR) is 85.3 cm³/mol. The van der Waals surface area contributed by atoms with Gasteiger partial charge in [0.25, 0.3) is 5.91 Å². The van der Waals surface area contributed by atoms with Gasteiger partial charge in [-0.3, -0.25) is 4.79 Å². The molecule has 100 valence electrons. The van der Waals surface area contributed by atoms with E-state index in [2.05, 4.69) is 11.2 Å². The van der Waals surface area contributed by atoms with E-state index in [1.807, 2.05) is 49.6 Å². The second-order valence-electron chi connectivity index (χ2n) is 4.36. The lowest BCUT2D eigenvalue weighted by Gasteiger charge is -2.09. The van der Waals surface area contributed by atoms with Gasteiger partial charge in [0.05, 0.1) is 0 Å². The fraction of sp³-hybridized carbons (Fsp3) is 0.118. The molecule has 0 radical (unpaired) electrons. The molecule has 0 aliphatic heterocycles. The van der Waals surface area contributed by atoms with Crippen LogP contribution in [-0.4, -0.2) is 12.2 Å². The standard InChI is InChI=1S/C17H15NOS/c1-4-13-6-5-7-14(10-13)18-17(19)16-11-15(20-3)9-8-12(16)2/h1,5-11H,2-3H3,(H,18,19). The molecule has 0 unspecified atom stereocenters. The number of anilines is 1. The molecule has 0 spiro atoms. The Morgan fingerprint density at radius 2 is 2.05 bits per heavy atom. The van der Waals surface area contributed by atoms with Crippen LogP contribution in [0.25, 0.3) is 0 Å². The molecular weight excluding hydrogens is 266 g/mol. The molecule has 0 aliphatic carbocycles. The minimum absolute atomic E-state index is 0.118. The van der Waals surface area contributed by atoms with Gasteiger partial charge in [-0.05, 0) is 49.1 Å². The smallest absolute Gasteiger partial charge is 0.255 e. The summed E-state index contributed by atoms with van der Waals surface area (Å²) in [7, 11) is 0. The highest BCUT2D eigenvalue weighted by Gasteiger charge is 2.10. The van der Waals surface area contributed by atoms with Crippen LogP contribution in [0.15, 0.2) is 47.4 Å². The number of terminal acetylenes is 1. The first-order valence-corrected chi connectivity index (χ1v) is 7.39. The molecule has 0 aliphatic rings. The summed E-state index contributed by atoms with van der Waals surface area (Å²) in [6.45, 7) is 1.93. The maximum absolute atomic E-state index is 12.3. The van der Waals surface area contributed by atoms with Gasteiger partial charge < -0.3 is 5.32 Å². The Kier molecular flexibility index (Phi) is 4.49. The highest BCUT2D eigenvalue weighted by molar-refractivity contribution is 7.98. The maximum atomic E-state index is 12.3. The summed E-state index contributed by atoms with van der Waals surface area (Å²) in [5.74, 6) is 2.44. The number of thioether (sulfide) groups is 1. The second kappa shape index (κ2) is 6.31. The van der Waals surface area contributed by atoms with E-state index in [1.54, 1.807) is 17.8 Å². The van der Waals surface area contributed by atoms with Gasteiger partial charge in [-0.2, -0.15) is 0 Å². The van der Waals surface area contributed by atoms with Crippen molar-refractivity contribution >= 4 is 23.4 Å². The predicted octanol–water partition coefficient (Wildman–Crippen LogP) is 3.95. The molecule has 2 nitrogen and oxygen atoms in total. The van der Waals surface area contributed by atoms with Crippen molar-refractivity contribution in [3.8, 4) is 12.3 Å². The number of carbonyl (C=O) groups is 1. The van der Waals surface area contributed by atoms with Gasteiger partial charge in [0.1, 0.15) is 0 Å².